The summed E-state index contributed by atoms with van der Waals surface area (Å²) in [7, 11) is 0. The van der Waals surface area contributed by atoms with Crippen LogP contribution in [0.1, 0.15) is 46.0 Å². The number of hydrogen-bond acceptors (Lipinski definition) is 5. The van der Waals surface area contributed by atoms with Crippen molar-refractivity contribution in [3.8, 4) is 11.4 Å². The van der Waals surface area contributed by atoms with Crippen molar-refractivity contribution >= 4 is 11.9 Å². The molecule has 5 fully saturated rings. The number of morpholine rings is 1. The zero-order chi connectivity index (χ0) is 22.5. The van der Waals surface area contributed by atoms with Crippen LogP contribution in [-0.2, 0) is 4.74 Å². The van der Waals surface area contributed by atoms with Gasteiger partial charge in [-0.3, -0.25) is 0 Å². The first kappa shape index (κ1) is 21.0. The van der Waals surface area contributed by atoms with Crippen LogP contribution in [0.25, 0.3) is 5.69 Å². The van der Waals surface area contributed by atoms with E-state index in [-0.39, 0.29) is 24.3 Å². The molecule has 1 aromatic carbocycles. The Labute approximate surface area is 195 Å². The van der Waals surface area contributed by atoms with E-state index in [1.807, 2.05) is 35.0 Å². The van der Waals surface area contributed by atoms with Crippen molar-refractivity contribution < 1.29 is 14.3 Å². The maximum Gasteiger partial charge on any atom is 0.413 e. The van der Waals surface area contributed by atoms with Crippen LogP contribution in [0, 0.1) is 23.7 Å². The number of amides is 1. The van der Waals surface area contributed by atoms with Crippen molar-refractivity contribution in [2.24, 2.45) is 23.7 Å². The molecule has 7 rings (SSSR count). The molecular weight excluding hydrogens is 416 g/mol. The predicted octanol–water partition coefficient (Wildman–Crippen LogP) is 4.40. The van der Waals surface area contributed by atoms with Gasteiger partial charge in [-0.2, -0.15) is 5.10 Å². The first-order valence-electron chi connectivity index (χ1n) is 12.6. The Morgan fingerprint density at radius 2 is 1.64 bits per heavy atom. The van der Waals surface area contributed by atoms with Crippen molar-refractivity contribution in [3.05, 3.63) is 36.5 Å². The van der Waals surface area contributed by atoms with Gasteiger partial charge in [0.25, 0.3) is 0 Å². The Bertz CT molecular complexity index is 968. The SMILES string of the molecule is CC1CN(c2c(OC(=O)NC3C4CC5CC(C4)CC3C5)cnn2-c2ccccc2)CC(C)O1. The zero-order valence-electron chi connectivity index (χ0n) is 19.5. The molecule has 7 nitrogen and oxygen atoms in total. The van der Waals surface area contributed by atoms with Gasteiger partial charge >= 0.3 is 6.09 Å². The fourth-order valence-corrected chi connectivity index (χ4v) is 7.22. The van der Waals surface area contributed by atoms with E-state index < -0.39 is 0 Å². The molecule has 0 radical (unpaired) electrons. The average Bonchev–Trinajstić information content (AvgIpc) is 3.19. The van der Waals surface area contributed by atoms with Crippen LogP contribution in [0.3, 0.4) is 0 Å². The Balaban J connectivity index is 1.24. The molecule has 4 aliphatic carbocycles. The molecule has 1 saturated heterocycles. The number of ether oxygens (including phenoxy) is 2. The van der Waals surface area contributed by atoms with Gasteiger partial charge < -0.3 is 19.7 Å². The largest absolute Gasteiger partial charge is 0.413 e. The van der Waals surface area contributed by atoms with Gasteiger partial charge in [0.05, 0.1) is 24.1 Å². The van der Waals surface area contributed by atoms with E-state index in [1.165, 1.54) is 32.1 Å². The van der Waals surface area contributed by atoms with E-state index in [0.29, 0.717) is 17.6 Å². The first-order valence-corrected chi connectivity index (χ1v) is 12.6. The van der Waals surface area contributed by atoms with E-state index in [2.05, 4.69) is 29.2 Å². The maximum atomic E-state index is 13.1. The smallest absolute Gasteiger partial charge is 0.405 e. The highest BCUT2D eigenvalue weighted by atomic mass is 16.6. The summed E-state index contributed by atoms with van der Waals surface area (Å²) in [6.07, 6.45) is 7.95. The number of aromatic nitrogens is 2. The van der Waals surface area contributed by atoms with Crippen molar-refractivity contribution in [3.63, 3.8) is 0 Å². The summed E-state index contributed by atoms with van der Waals surface area (Å²) in [6.45, 7) is 5.59. The van der Waals surface area contributed by atoms with Crippen molar-refractivity contribution in [1.29, 1.82) is 0 Å². The molecule has 4 bridgehead atoms. The van der Waals surface area contributed by atoms with Gasteiger partial charge in [0.1, 0.15) is 0 Å². The third-order valence-corrected chi connectivity index (χ3v) is 8.15. The Morgan fingerprint density at radius 1 is 1.00 bits per heavy atom. The van der Waals surface area contributed by atoms with Gasteiger partial charge in [-0.25, -0.2) is 9.48 Å². The zero-order valence-corrected chi connectivity index (χ0v) is 19.5. The van der Waals surface area contributed by atoms with E-state index in [1.54, 1.807) is 6.20 Å². The second-order valence-corrected chi connectivity index (χ2v) is 10.7. The van der Waals surface area contributed by atoms with E-state index in [0.717, 1.165) is 36.4 Å². The topological polar surface area (TPSA) is 68.6 Å². The normalized spacial score (nSPS) is 35.0. The van der Waals surface area contributed by atoms with Gasteiger partial charge in [0.2, 0.25) is 0 Å². The molecule has 2 unspecified atom stereocenters. The molecular formula is C26H34N4O3. The summed E-state index contributed by atoms with van der Waals surface area (Å²) in [4.78, 5) is 15.3. The molecule has 2 heterocycles. The lowest BCUT2D eigenvalue weighted by Crippen LogP contribution is -2.56. The molecule has 176 valence electrons. The second-order valence-electron chi connectivity index (χ2n) is 10.7. The highest BCUT2D eigenvalue weighted by Crippen LogP contribution is 2.53. The minimum Gasteiger partial charge on any atom is -0.405 e. The minimum atomic E-state index is -0.351. The minimum absolute atomic E-state index is 0.0857. The van der Waals surface area contributed by atoms with Gasteiger partial charge in [0, 0.05) is 19.1 Å². The monoisotopic (exact) mass is 450 g/mol. The van der Waals surface area contributed by atoms with E-state index in [4.69, 9.17) is 9.47 Å². The number of carbonyl (C=O) groups is 1. The van der Waals surface area contributed by atoms with Crippen LogP contribution in [-0.4, -0.2) is 47.2 Å². The molecule has 2 atom stereocenters. The van der Waals surface area contributed by atoms with Gasteiger partial charge in [-0.1, -0.05) is 18.2 Å². The highest BCUT2D eigenvalue weighted by Gasteiger charge is 2.48. The molecule has 5 aliphatic rings. The summed E-state index contributed by atoms with van der Waals surface area (Å²) >= 11 is 0. The molecule has 33 heavy (non-hydrogen) atoms. The number of nitrogens with one attached hydrogen (secondary N) is 1. The van der Waals surface area contributed by atoms with Crippen LogP contribution in [0.4, 0.5) is 10.6 Å². The summed E-state index contributed by atoms with van der Waals surface area (Å²) in [5, 5.41) is 7.88. The molecule has 1 amide bonds. The predicted molar refractivity (Wildman–Crippen MR) is 126 cm³/mol. The molecule has 0 spiro atoms. The number of nitrogens with zero attached hydrogens (tertiary/aromatic N) is 3. The highest BCUT2D eigenvalue weighted by molar-refractivity contribution is 5.73. The lowest BCUT2D eigenvalue weighted by molar-refractivity contribution is -0.0114. The van der Waals surface area contributed by atoms with Crippen LogP contribution in [0.5, 0.6) is 5.75 Å². The third-order valence-electron chi connectivity index (χ3n) is 8.15. The Kier molecular flexibility index (Phi) is 5.32. The fraction of sp³-hybridized carbons (Fsp3) is 0.615. The summed E-state index contributed by atoms with van der Waals surface area (Å²) in [5.41, 5.74) is 0.940. The summed E-state index contributed by atoms with van der Waals surface area (Å²) in [6, 6.07) is 10.3. The third kappa shape index (κ3) is 4.01. The van der Waals surface area contributed by atoms with Crippen LogP contribution in [0.15, 0.2) is 36.5 Å². The van der Waals surface area contributed by atoms with Crippen LogP contribution in [0.2, 0.25) is 0 Å². The van der Waals surface area contributed by atoms with E-state index in [9.17, 15) is 4.79 Å². The molecule has 4 saturated carbocycles. The van der Waals surface area contributed by atoms with Crippen LogP contribution < -0.4 is 15.0 Å². The number of para-hydroxylation sites is 1. The fourth-order valence-electron chi connectivity index (χ4n) is 7.22. The quantitative estimate of drug-likeness (QED) is 0.748. The van der Waals surface area contributed by atoms with Crippen molar-refractivity contribution in [2.75, 3.05) is 18.0 Å². The Morgan fingerprint density at radius 3 is 2.27 bits per heavy atom. The second kappa shape index (κ2) is 8.35. The molecule has 1 aromatic heterocycles. The van der Waals surface area contributed by atoms with Gasteiger partial charge in [-0.05, 0) is 81.8 Å². The lowest BCUT2D eigenvalue weighted by Gasteiger charge is -2.54. The number of hydrogen-bond donors (Lipinski definition) is 1. The molecule has 7 heteroatoms. The molecule has 2 aromatic rings. The Hall–Kier alpha value is -2.54. The van der Waals surface area contributed by atoms with Crippen molar-refractivity contribution in [2.45, 2.75) is 64.2 Å². The molecule has 1 aliphatic heterocycles. The summed E-state index contributed by atoms with van der Waals surface area (Å²) in [5.74, 6) is 4.29. The standard InChI is InChI=1S/C26H34N4O3/c1-16-14-29(15-17(2)32-16)25-23(13-27-30(25)22-6-4-3-5-7-22)33-26(31)28-24-20-9-18-8-19(11-20)12-21(24)10-18/h3-7,13,16-21,24H,8-12,14-15H2,1-2H3,(H,28,31). The molecule has 1 N–H and O–H groups in total. The number of rotatable bonds is 4. The van der Waals surface area contributed by atoms with Gasteiger partial charge in [0.15, 0.2) is 11.6 Å². The number of anilines is 1. The number of benzene rings is 1. The van der Waals surface area contributed by atoms with Gasteiger partial charge in [-0.15, -0.1) is 0 Å². The summed E-state index contributed by atoms with van der Waals surface area (Å²) < 4.78 is 13.8. The maximum absolute atomic E-state index is 13.1. The average molecular weight is 451 g/mol. The van der Waals surface area contributed by atoms with Crippen molar-refractivity contribution in [1.82, 2.24) is 15.1 Å². The first-order chi connectivity index (χ1) is 16.0. The number of carbonyl (C=O) groups excluding carboxylic acids is 1. The lowest BCUT2D eigenvalue weighted by atomic mass is 9.54. The van der Waals surface area contributed by atoms with E-state index >= 15 is 0 Å². The van der Waals surface area contributed by atoms with Crippen LogP contribution >= 0.6 is 0 Å².